The molecule has 1 aliphatic rings. The molecular weight excluding hydrogens is 246 g/mol. The third kappa shape index (κ3) is 4.23. The number of hydrogen-bond donors (Lipinski definition) is 1. The largest absolute Gasteiger partial charge is 0.383 e. The average Bonchev–Trinajstić information content (AvgIpc) is 2.69. The maximum absolute atomic E-state index is 5.01. The Bertz CT molecular complexity index is 335. The molecule has 0 amide bonds. The summed E-state index contributed by atoms with van der Waals surface area (Å²) in [5.41, 5.74) is 0. The number of anilines is 1. The van der Waals surface area contributed by atoms with Gasteiger partial charge in [0, 0.05) is 44.4 Å². The Labute approximate surface area is 113 Å². The predicted molar refractivity (Wildman–Crippen MR) is 76.4 cm³/mol. The Morgan fingerprint density at radius 1 is 1.33 bits per heavy atom. The SMILES string of the molecule is COCCNCc1cnc(N2CCCCCC2)s1. The highest BCUT2D eigenvalue weighted by molar-refractivity contribution is 7.15. The van der Waals surface area contributed by atoms with Gasteiger partial charge in [-0.25, -0.2) is 4.98 Å². The van der Waals surface area contributed by atoms with Gasteiger partial charge >= 0.3 is 0 Å². The minimum absolute atomic E-state index is 0.762. The standard InChI is InChI=1S/C13H23N3OS/c1-17-9-6-14-10-12-11-15-13(18-12)16-7-4-2-3-5-8-16/h11,14H,2-10H2,1H3. The molecule has 0 atom stereocenters. The topological polar surface area (TPSA) is 37.4 Å². The van der Waals surface area contributed by atoms with Crippen LogP contribution in [-0.4, -0.2) is 38.3 Å². The first-order valence-electron chi connectivity index (χ1n) is 6.79. The zero-order valence-corrected chi connectivity index (χ0v) is 12.0. The normalized spacial score (nSPS) is 16.8. The van der Waals surface area contributed by atoms with Crippen molar-refractivity contribution >= 4 is 16.5 Å². The summed E-state index contributed by atoms with van der Waals surface area (Å²) in [6.07, 6.45) is 7.35. The summed E-state index contributed by atoms with van der Waals surface area (Å²) in [4.78, 5) is 8.30. The predicted octanol–water partition coefficient (Wildman–Crippen LogP) is 2.26. The Morgan fingerprint density at radius 3 is 2.83 bits per heavy atom. The minimum Gasteiger partial charge on any atom is -0.383 e. The number of thiazole rings is 1. The van der Waals surface area contributed by atoms with Crippen molar-refractivity contribution in [2.24, 2.45) is 0 Å². The fraction of sp³-hybridized carbons (Fsp3) is 0.769. The van der Waals surface area contributed by atoms with Crippen molar-refractivity contribution in [3.8, 4) is 0 Å². The van der Waals surface area contributed by atoms with Gasteiger partial charge in [0.15, 0.2) is 5.13 Å². The van der Waals surface area contributed by atoms with Crippen molar-refractivity contribution in [1.82, 2.24) is 10.3 Å². The van der Waals surface area contributed by atoms with E-state index in [1.807, 2.05) is 17.5 Å². The Balaban J connectivity index is 1.81. The Kier molecular flexibility index (Phi) is 5.90. The highest BCUT2D eigenvalue weighted by Crippen LogP contribution is 2.24. The Morgan fingerprint density at radius 2 is 2.11 bits per heavy atom. The zero-order chi connectivity index (χ0) is 12.6. The number of methoxy groups -OCH3 is 1. The fourth-order valence-electron chi connectivity index (χ4n) is 2.17. The molecule has 18 heavy (non-hydrogen) atoms. The molecule has 1 aliphatic heterocycles. The molecule has 1 N–H and O–H groups in total. The van der Waals surface area contributed by atoms with Gasteiger partial charge in [0.25, 0.3) is 0 Å². The van der Waals surface area contributed by atoms with Gasteiger partial charge in [-0.15, -0.1) is 11.3 Å². The van der Waals surface area contributed by atoms with Crippen LogP contribution >= 0.6 is 11.3 Å². The summed E-state index contributed by atoms with van der Waals surface area (Å²) < 4.78 is 5.01. The van der Waals surface area contributed by atoms with Gasteiger partial charge in [0.1, 0.15) is 0 Å². The number of rotatable bonds is 6. The van der Waals surface area contributed by atoms with E-state index in [0.717, 1.165) is 19.7 Å². The van der Waals surface area contributed by atoms with Crippen molar-refractivity contribution in [1.29, 1.82) is 0 Å². The smallest absolute Gasteiger partial charge is 0.185 e. The van der Waals surface area contributed by atoms with Crippen molar-refractivity contribution in [2.75, 3.05) is 38.3 Å². The van der Waals surface area contributed by atoms with Gasteiger partial charge in [0.2, 0.25) is 0 Å². The lowest BCUT2D eigenvalue weighted by Gasteiger charge is -2.18. The summed E-state index contributed by atoms with van der Waals surface area (Å²) in [6.45, 7) is 4.90. The maximum atomic E-state index is 5.01. The summed E-state index contributed by atoms with van der Waals surface area (Å²) in [6, 6.07) is 0. The van der Waals surface area contributed by atoms with E-state index in [-0.39, 0.29) is 0 Å². The molecule has 0 radical (unpaired) electrons. The monoisotopic (exact) mass is 269 g/mol. The first-order valence-corrected chi connectivity index (χ1v) is 7.61. The highest BCUT2D eigenvalue weighted by atomic mass is 32.1. The van der Waals surface area contributed by atoms with Crippen LogP contribution in [0.1, 0.15) is 30.6 Å². The second kappa shape index (κ2) is 7.71. The van der Waals surface area contributed by atoms with Crippen LogP contribution < -0.4 is 10.2 Å². The van der Waals surface area contributed by atoms with Gasteiger partial charge in [-0.1, -0.05) is 12.8 Å². The highest BCUT2D eigenvalue weighted by Gasteiger charge is 2.13. The molecule has 1 aromatic heterocycles. The molecule has 102 valence electrons. The number of ether oxygens (including phenoxy) is 1. The maximum Gasteiger partial charge on any atom is 0.185 e. The second-order valence-electron chi connectivity index (χ2n) is 4.68. The number of hydrogen-bond acceptors (Lipinski definition) is 5. The summed E-state index contributed by atoms with van der Waals surface area (Å²) in [5, 5.41) is 4.55. The van der Waals surface area contributed by atoms with E-state index in [2.05, 4.69) is 15.2 Å². The van der Waals surface area contributed by atoms with Crippen LogP contribution in [-0.2, 0) is 11.3 Å². The lowest BCUT2D eigenvalue weighted by Crippen LogP contribution is -2.23. The van der Waals surface area contributed by atoms with Gasteiger partial charge in [0.05, 0.1) is 6.61 Å². The van der Waals surface area contributed by atoms with Gasteiger partial charge in [-0.2, -0.15) is 0 Å². The van der Waals surface area contributed by atoms with E-state index in [9.17, 15) is 0 Å². The molecular formula is C13H23N3OS. The first-order chi connectivity index (χ1) is 8.90. The fourth-order valence-corrected chi connectivity index (χ4v) is 3.10. The molecule has 1 fully saturated rings. The second-order valence-corrected chi connectivity index (χ2v) is 5.77. The van der Waals surface area contributed by atoms with Crippen molar-refractivity contribution in [3.05, 3.63) is 11.1 Å². The molecule has 1 aromatic rings. The molecule has 0 aliphatic carbocycles. The van der Waals surface area contributed by atoms with Crippen molar-refractivity contribution < 1.29 is 4.74 Å². The third-order valence-electron chi connectivity index (χ3n) is 3.20. The molecule has 0 aromatic carbocycles. The van der Waals surface area contributed by atoms with Gasteiger partial charge in [-0.05, 0) is 12.8 Å². The zero-order valence-electron chi connectivity index (χ0n) is 11.2. The molecule has 1 saturated heterocycles. The van der Waals surface area contributed by atoms with Gasteiger partial charge in [-0.3, -0.25) is 0 Å². The first kappa shape index (κ1) is 13.8. The quantitative estimate of drug-likeness (QED) is 0.804. The molecule has 2 heterocycles. The molecule has 0 unspecified atom stereocenters. The number of nitrogens with zero attached hydrogens (tertiary/aromatic N) is 2. The number of nitrogens with one attached hydrogen (secondary N) is 1. The van der Waals surface area contributed by atoms with Crippen LogP contribution in [0, 0.1) is 0 Å². The van der Waals surface area contributed by atoms with Crippen LogP contribution in [0.4, 0.5) is 5.13 Å². The molecule has 0 bridgehead atoms. The lowest BCUT2D eigenvalue weighted by atomic mass is 10.2. The molecule has 5 heteroatoms. The molecule has 0 spiro atoms. The minimum atomic E-state index is 0.762. The number of aromatic nitrogens is 1. The summed E-state index contributed by atoms with van der Waals surface area (Å²) in [5.74, 6) is 0. The molecule has 2 rings (SSSR count). The van der Waals surface area contributed by atoms with E-state index in [0.29, 0.717) is 0 Å². The van der Waals surface area contributed by atoms with Crippen LogP contribution in [0.3, 0.4) is 0 Å². The van der Waals surface area contributed by atoms with E-state index in [4.69, 9.17) is 4.74 Å². The molecule has 0 saturated carbocycles. The van der Waals surface area contributed by atoms with Gasteiger partial charge < -0.3 is 15.0 Å². The third-order valence-corrected chi connectivity index (χ3v) is 4.26. The van der Waals surface area contributed by atoms with E-state index >= 15 is 0 Å². The van der Waals surface area contributed by atoms with Crippen molar-refractivity contribution in [2.45, 2.75) is 32.2 Å². The van der Waals surface area contributed by atoms with Crippen LogP contribution in [0.5, 0.6) is 0 Å². The molecule has 4 nitrogen and oxygen atoms in total. The van der Waals surface area contributed by atoms with Crippen molar-refractivity contribution in [3.63, 3.8) is 0 Å². The van der Waals surface area contributed by atoms with E-state index in [1.165, 1.54) is 48.8 Å². The van der Waals surface area contributed by atoms with Crippen LogP contribution in [0.15, 0.2) is 6.20 Å². The lowest BCUT2D eigenvalue weighted by molar-refractivity contribution is 0.199. The van der Waals surface area contributed by atoms with E-state index in [1.54, 1.807) is 7.11 Å². The van der Waals surface area contributed by atoms with Crippen LogP contribution in [0.2, 0.25) is 0 Å². The van der Waals surface area contributed by atoms with E-state index < -0.39 is 0 Å². The summed E-state index contributed by atoms with van der Waals surface area (Å²) in [7, 11) is 1.73. The summed E-state index contributed by atoms with van der Waals surface area (Å²) >= 11 is 1.82. The van der Waals surface area contributed by atoms with Crippen LogP contribution in [0.25, 0.3) is 0 Å². The average molecular weight is 269 g/mol. The Hall–Kier alpha value is -0.650.